The van der Waals surface area contributed by atoms with Crippen molar-refractivity contribution in [3.8, 4) is 0 Å². The minimum Gasteiger partial charge on any atom is -0.478 e. The molecule has 0 unspecified atom stereocenters. The molecular weight excluding hydrogens is 196 g/mol. The Morgan fingerprint density at radius 1 is 1.27 bits per heavy atom. The third-order valence-corrected chi connectivity index (χ3v) is 1.68. The molecular formula is C11H18O4. The second kappa shape index (κ2) is 6.22. The highest BCUT2D eigenvalue weighted by atomic mass is 16.5. The molecule has 4 nitrogen and oxygen atoms in total. The first-order chi connectivity index (χ1) is 6.81. The molecule has 0 saturated heterocycles. The van der Waals surface area contributed by atoms with E-state index in [1.54, 1.807) is 0 Å². The van der Waals surface area contributed by atoms with Crippen molar-refractivity contribution in [3.05, 3.63) is 12.2 Å². The molecule has 0 aliphatic heterocycles. The fourth-order valence-electron chi connectivity index (χ4n) is 0.963. The first-order valence-corrected chi connectivity index (χ1v) is 4.89. The molecule has 0 fully saturated rings. The molecule has 0 spiro atoms. The Labute approximate surface area is 89.9 Å². The second-order valence-electron chi connectivity index (χ2n) is 4.50. The highest BCUT2D eigenvalue weighted by molar-refractivity contribution is 5.90. The van der Waals surface area contributed by atoms with Crippen molar-refractivity contribution in [2.45, 2.75) is 33.6 Å². The van der Waals surface area contributed by atoms with Gasteiger partial charge in [0, 0.05) is 12.2 Å². The molecule has 0 heterocycles. The molecule has 0 aromatic rings. The lowest BCUT2D eigenvalue weighted by molar-refractivity contribution is -0.139. The normalized spacial score (nSPS) is 11.7. The average molecular weight is 214 g/mol. The minimum absolute atomic E-state index is 0.226. The summed E-state index contributed by atoms with van der Waals surface area (Å²) in [6, 6.07) is 0. The summed E-state index contributed by atoms with van der Waals surface area (Å²) in [6.45, 7) is 6.66. The van der Waals surface area contributed by atoms with Gasteiger partial charge < -0.3 is 9.84 Å². The molecule has 86 valence electrons. The molecule has 0 radical (unpaired) electrons. The van der Waals surface area contributed by atoms with E-state index in [4.69, 9.17) is 9.84 Å². The Hall–Kier alpha value is -1.32. The van der Waals surface area contributed by atoms with Gasteiger partial charge in [0.2, 0.25) is 0 Å². The predicted molar refractivity (Wildman–Crippen MR) is 56.4 cm³/mol. The summed E-state index contributed by atoms with van der Waals surface area (Å²) in [5.41, 5.74) is 0.226. The van der Waals surface area contributed by atoms with Crippen molar-refractivity contribution >= 4 is 11.9 Å². The van der Waals surface area contributed by atoms with Gasteiger partial charge in [-0.3, -0.25) is 0 Å². The fraction of sp³-hybridized carbons (Fsp3) is 0.636. The number of aliphatic carboxylic acids is 1. The van der Waals surface area contributed by atoms with Gasteiger partial charge in [-0.1, -0.05) is 20.8 Å². The maximum Gasteiger partial charge on any atom is 0.331 e. The number of esters is 1. The summed E-state index contributed by atoms with van der Waals surface area (Å²) in [5.74, 6) is -1.76. The summed E-state index contributed by atoms with van der Waals surface area (Å²) in [7, 11) is 0. The van der Waals surface area contributed by atoms with E-state index in [1.165, 1.54) is 0 Å². The number of carbonyl (C=O) groups is 2. The van der Waals surface area contributed by atoms with E-state index in [-0.39, 0.29) is 5.41 Å². The van der Waals surface area contributed by atoms with Crippen LogP contribution in [0.5, 0.6) is 0 Å². The van der Waals surface area contributed by atoms with Crippen LogP contribution < -0.4 is 0 Å². The van der Waals surface area contributed by atoms with E-state index >= 15 is 0 Å². The lowest BCUT2D eigenvalue weighted by Gasteiger charge is -2.17. The molecule has 0 amide bonds. The molecule has 0 rings (SSSR count). The number of carboxylic acids is 1. The average Bonchev–Trinajstić information content (AvgIpc) is 2.07. The van der Waals surface area contributed by atoms with Crippen LogP contribution in [0.2, 0.25) is 0 Å². The van der Waals surface area contributed by atoms with Crippen LogP contribution in [-0.2, 0) is 14.3 Å². The number of rotatable bonds is 5. The zero-order valence-corrected chi connectivity index (χ0v) is 9.45. The van der Waals surface area contributed by atoms with Crippen LogP contribution in [0.1, 0.15) is 33.6 Å². The third kappa shape index (κ3) is 10.6. The van der Waals surface area contributed by atoms with Crippen molar-refractivity contribution in [2.75, 3.05) is 6.61 Å². The Bertz CT molecular complexity index is 248. The predicted octanol–water partition coefficient (Wildman–Crippen LogP) is 2.00. The van der Waals surface area contributed by atoms with E-state index in [9.17, 15) is 9.59 Å². The van der Waals surface area contributed by atoms with Crippen molar-refractivity contribution in [1.82, 2.24) is 0 Å². The Kier molecular flexibility index (Phi) is 5.67. The van der Waals surface area contributed by atoms with Crippen molar-refractivity contribution < 1.29 is 19.4 Å². The van der Waals surface area contributed by atoms with Crippen LogP contribution in [-0.4, -0.2) is 23.7 Å². The van der Waals surface area contributed by atoms with E-state index < -0.39 is 11.9 Å². The number of carbonyl (C=O) groups excluding carboxylic acids is 1. The van der Waals surface area contributed by atoms with Gasteiger partial charge in [0.05, 0.1) is 6.61 Å². The van der Waals surface area contributed by atoms with Crippen LogP contribution in [0, 0.1) is 5.41 Å². The maximum atomic E-state index is 10.9. The van der Waals surface area contributed by atoms with Crippen LogP contribution in [0.25, 0.3) is 0 Å². The number of hydrogen-bond donors (Lipinski definition) is 1. The van der Waals surface area contributed by atoms with Gasteiger partial charge in [0.1, 0.15) is 0 Å². The largest absolute Gasteiger partial charge is 0.478 e. The van der Waals surface area contributed by atoms with Gasteiger partial charge in [0.15, 0.2) is 0 Å². The summed E-state index contributed by atoms with van der Waals surface area (Å²) < 4.78 is 4.80. The molecule has 0 atom stereocenters. The van der Waals surface area contributed by atoms with Gasteiger partial charge in [-0.15, -0.1) is 0 Å². The maximum absolute atomic E-state index is 10.9. The lowest BCUT2D eigenvalue weighted by atomic mass is 9.91. The summed E-state index contributed by atoms with van der Waals surface area (Å²) >= 11 is 0. The number of hydrogen-bond acceptors (Lipinski definition) is 3. The van der Waals surface area contributed by atoms with Crippen LogP contribution in [0.4, 0.5) is 0 Å². The Morgan fingerprint density at radius 2 is 1.87 bits per heavy atom. The smallest absolute Gasteiger partial charge is 0.331 e. The van der Waals surface area contributed by atoms with Crippen molar-refractivity contribution in [3.63, 3.8) is 0 Å². The van der Waals surface area contributed by atoms with E-state index in [1.807, 2.05) is 0 Å². The van der Waals surface area contributed by atoms with Crippen LogP contribution >= 0.6 is 0 Å². The second-order valence-corrected chi connectivity index (χ2v) is 4.50. The highest BCUT2D eigenvalue weighted by Crippen LogP contribution is 2.20. The first kappa shape index (κ1) is 13.7. The summed E-state index contributed by atoms with van der Waals surface area (Å²) in [6.07, 6.45) is 3.44. The molecule has 15 heavy (non-hydrogen) atoms. The third-order valence-electron chi connectivity index (χ3n) is 1.68. The van der Waals surface area contributed by atoms with Gasteiger partial charge >= 0.3 is 11.9 Å². The monoisotopic (exact) mass is 214 g/mol. The van der Waals surface area contributed by atoms with Gasteiger partial charge in [-0.25, -0.2) is 9.59 Å². The number of ether oxygens (including phenoxy) is 1. The van der Waals surface area contributed by atoms with Gasteiger partial charge in [-0.2, -0.15) is 0 Å². The van der Waals surface area contributed by atoms with Crippen molar-refractivity contribution in [1.29, 1.82) is 0 Å². The van der Waals surface area contributed by atoms with E-state index in [0.717, 1.165) is 25.0 Å². The number of carboxylic acid groups (broad SMARTS) is 1. The van der Waals surface area contributed by atoms with Gasteiger partial charge in [-0.05, 0) is 18.3 Å². The zero-order valence-electron chi connectivity index (χ0n) is 9.45. The Balaban J connectivity index is 3.61. The molecule has 0 aliphatic rings. The topological polar surface area (TPSA) is 63.6 Å². The molecule has 0 aliphatic carbocycles. The zero-order chi connectivity index (χ0) is 11.9. The van der Waals surface area contributed by atoms with E-state index in [2.05, 4.69) is 20.8 Å². The minimum atomic E-state index is -1.15. The van der Waals surface area contributed by atoms with E-state index in [0.29, 0.717) is 6.61 Å². The first-order valence-electron chi connectivity index (χ1n) is 4.89. The van der Waals surface area contributed by atoms with Crippen LogP contribution in [0.3, 0.4) is 0 Å². The standard InChI is InChI=1S/C11H18O4/c1-11(2,3)7-4-8-15-10(14)6-5-9(12)13/h5-6H,4,7-8H2,1-3H3,(H,12,13)/b6-5+. The van der Waals surface area contributed by atoms with Crippen LogP contribution in [0.15, 0.2) is 12.2 Å². The molecule has 0 aromatic heterocycles. The summed E-state index contributed by atoms with van der Waals surface area (Å²) in [4.78, 5) is 21.0. The highest BCUT2D eigenvalue weighted by Gasteiger charge is 2.09. The quantitative estimate of drug-likeness (QED) is 0.432. The molecule has 0 aromatic carbocycles. The Morgan fingerprint density at radius 3 is 2.33 bits per heavy atom. The fourth-order valence-corrected chi connectivity index (χ4v) is 0.963. The van der Waals surface area contributed by atoms with Crippen molar-refractivity contribution in [2.24, 2.45) is 5.41 Å². The summed E-state index contributed by atoms with van der Waals surface area (Å²) in [5, 5.41) is 8.25. The lowest BCUT2D eigenvalue weighted by Crippen LogP contribution is -2.09. The van der Waals surface area contributed by atoms with Gasteiger partial charge in [0.25, 0.3) is 0 Å². The molecule has 0 bridgehead atoms. The molecule has 4 heteroatoms. The SMILES string of the molecule is CC(C)(C)CCCOC(=O)/C=C/C(=O)O. The molecule has 1 N–H and O–H groups in total. The molecule has 0 saturated carbocycles.